The van der Waals surface area contributed by atoms with Gasteiger partial charge in [-0.15, -0.1) is 0 Å². The third-order valence-electron chi connectivity index (χ3n) is 13.0. The Morgan fingerprint density at radius 2 is 0.575 bits per heavy atom. The first-order valence-electron chi connectivity index (χ1n) is 27.6. The maximum Gasteiger partial charge on any atom is 0.308 e. The molecule has 6 aromatic carbocycles. The lowest BCUT2D eigenvalue weighted by Crippen LogP contribution is -2.15. The van der Waals surface area contributed by atoms with Crippen LogP contribution in [0.2, 0.25) is 0 Å². The van der Waals surface area contributed by atoms with E-state index < -0.39 is 0 Å². The van der Waals surface area contributed by atoms with Crippen LogP contribution in [0.4, 0.5) is 34.1 Å². The third kappa shape index (κ3) is 18.9. The average Bonchev–Trinajstić information content (AvgIpc) is 3.45. The maximum atomic E-state index is 11.9. The molecule has 426 valence electrons. The zero-order chi connectivity index (χ0) is 57.6. The van der Waals surface area contributed by atoms with Crippen molar-refractivity contribution in [2.75, 3.05) is 62.7 Å². The fourth-order valence-electron chi connectivity index (χ4n) is 8.16. The lowest BCUT2D eigenvalue weighted by Gasteiger charge is -2.27. The van der Waals surface area contributed by atoms with E-state index in [-0.39, 0.29) is 74.0 Å². The minimum absolute atomic E-state index is 0.187. The molecule has 0 spiro atoms. The largest absolute Gasteiger partial charge is 0.463 e. The van der Waals surface area contributed by atoms with Gasteiger partial charge >= 0.3 is 23.9 Å². The van der Waals surface area contributed by atoms with Gasteiger partial charge in [0.2, 0.25) is 0 Å². The van der Waals surface area contributed by atoms with E-state index in [0.717, 1.165) is 78.6 Å². The lowest BCUT2D eigenvalue weighted by molar-refractivity contribution is -0.149. The zero-order valence-electron chi connectivity index (χ0n) is 48.3. The monoisotopic (exact) mass is 1090 g/mol. The van der Waals surface area contributed by atoms with Gasteiger partial charge in [0.05, 0.1) is 76.5 Å². The molecule has 0 aliphatic carbocycles. The third-order valence-corrected chi connectivity index (χ3v) is 13.0. The number of ether oxygens (including phenoxy) is 8. The van der Waals surface area contributed by atoms with Crippen LogP contribution in [0.25, 0.3) is 11.1 Å². The SMILES string of the molecule is Cc1cc(N(c2ccc(COCCOC(=O)C(C)C)cc2)c2ccc(-c3ccc(N(c4ccc(COCCOC(=O)C(C)C)cc4)c4ccc(COCCOC(=O)C(C)C)c(C)c4)cc3)cc2)ccc1COCCOC(=O)C(C)C. The number of carbonyl (C=O) groups is 4. The molecule has 0 atom stereocenters. The number of carbonyl (C=O) groups excluding carboxylic acids is 4. The summed E-state index contributed by atoms with van der Waals surface area (Å²) in [5.41, 5.74) is 14.0. The Hall–Kier alpha value is -7.36. The quantitative estimate of drug-likeness (QED) is 0.0231. The molecule has 0 radical (unpaired) electrons. The highest BCUT2D eigenvalue weighted by molar-refractivity contribution is 5.81. The standard InChI is InChI=1S/C66H80N2O12/c1-45(2)63(69)77-35-31-73-41-51-11-21-57(22-12-51)67(61-29-19-55(49(9)39-61)43-75-33-37-79-65(71)47(5)6)59-25-15-53(16-26-59)54-17-27-60(28-18-54)68(58-23-13-52(14-24-58)42-74-32-36-78-64(70)46(3)4)62-30-20-56(50(10)40-62)44-76-34-38-80-66(72)48(7)8/h11-30,39-40,45-48H,31-38,41-44H2,1-10H3. The summed E-state index contributed by atoms with van der Waals surface area (Å²) < 4.78 is 44.7. The van der Waals surface area contributed by atoms with Crippen LogP contribution in [0, 0.1) is 37.5 Å². The van der Waals surface area contributed by atoms with Gasteiger partial charge in [-0.3, -0.25) is 19.2 Å². The Morgan fingerprint density at radius 1 is 0.325 bits per heavy atom. The first-order chi connectivity index (χ1) is 38.5. The summed E-state index contributed by atoms with van der Waals surface area (Å²) in [5, 5.41) is 0. The number of hydrogen-bond acceptors (Lipinski definition) is 14. The second kappa shape index (κ2) is 31.4. The summed E-state index contributed by atoms with van der Waals surface area (Å²) in [5.74, 6) is -1.72. The molecule has 14 nitrogen and oxygen atoms in total. The van der Waals surface area contributed by atoms with Crippen LogP contribution in [0.5, 0.6) is 0 Å². The maximum absolute atomic E-state index is 11.9. The molecule has 80 heavy (non-hydrogen) atoms. The summed E-state index contributed by atoms with van der Waals surface area (Å²) in [6.07, 6.45) is 0. The molecule has 0 aliphatic rings. The minimum atomic E-state index is -0.243. The number of rotatable bonds is 31. The molecule has 0 saturated carbocycles. The van der Waals surface area contributed by atoms with E-state index in [1.165, 1.54) is 0 Å². The van der Waals surface area contributed by atoms with Crippen molar-refractivity contribution in [2.45, 2.75) is 95.7 Å². The normalized spacial score (nSPS) is 11.3. The van der Waals surface area contributed by atoms with Gasteiger partial charge < -0.3 is 47.7 Å². The number of anilines is 6. The molecule has 0 fully saturated rings. The molecule has 14 heteroatoms. The summed E-state index contributed by atoms with van der Waals surface area (Å²) in [6.45, 7) is 22.1. The fourth-order valence-corrected chi connectivity index (χ4v) is 8.16. The predicted octanol–water partition coefficient (Wildman–Crippen LogP) is 13.8. The van der Waals surface area contributed by atoms with Crippen LogP contribution in [-0.4, -0.2) is 76.7 Å². The summed E-state index contributed by atoms with van der Waals surface area (Å²) in [7, 11) is 0. The van der Waals surface area contributed by atoms with E-state index in [1.54, 1.807) is 27.7 Å². The van der Waals surface area contributed by atoms with Crippen molar-refractivity contribution < 1.29 is 57.1 Å². The Morgan fingerprint density at radius 3 is 0.838 bits per heavy atom. The van der Waals surface area contributed by atoms with E-state index in [0.29, 0.717) is 52.9 Å². The Kier molecular flexibility index (Phi) is 24.3. The second-order valence-electron chi connectivity index (χ2n) is 20.8. The summed E-state index contributed by atoms with van der Waals surface area (Å²) >= 11 is 0. The van der Waals surface area contributed by atoms with Gasteiger partial charge in [-0.25, -0.2) is 0 Å². The lowest BCUT2D eigenvalue weighted by atomic mass is 10.0. The van der Waals surface area contributed by atoms with Gasteiger partial charge in [0.25, 0.3) is 0 Å². The second-order valence-corrected chi connectivity index (χ2v) is 20.8. The van der Waals surface area contributed by atoms with Crippen LogP contribution < -0.4 is 9.80 Å². The highest BCUT2D eigenvalue weighted by Gasteiger charge is 2.18. The molecule has 0 heterocycles. The van der Waals surface area contributed by atoms with Crippen molar-refractivity contribution in [1.82, 2.24) is 0 Å². The molecule has 0 saturated heterocycles. The fraction of sp³-hybridized carbons (Fsp3) is 0.394. The van der Waals surface area contributed by atoms with Gasteiger partial charge in [0, 0.05) is 34.1 Å². The van der Waals surface area contributed by atoms with E-state index in [4.69, 9.17) is 37.9 Å². The van der Waals surface area contributed by atoms with Gasteiger partial charge in [-0.1, -0.05) is 116 Å². The molecule has 0 aliphatic heterocycles. The molecule has 6 aromatic rings. The van der Waals surface area contributed by atoms with Crippen molar-refractivity contribution in [1.29, 1.82) is 0 Å². The Balaban J connectivity index is 1.22. The highest BCUT2D eigenvalue weighted by Crippen LogP contribution is 2.39. The number of esters is 4. The van der Waals surface area contributed by atoms with Crippen LogP contribution in [0.15, 0.2) is 133 Å². The molecular formula is C66H80N2O12. The van der Waals surface area contributed by atoms with E-state index in [9.17, 15) is 19.2 Å². The summed E-state index contributed by atoms with van der Waals surface area (Å²) in [6, 6.07) is 46.2. The first-order valence-corrected chi connectivity index (χ1v) is 27.6. The van der Waals surface area contributed by atoms with Gasteiger partial charge in [0.1, 0.15) is 26.4 Å². The highest BCUT2D eigenvalue weighted by atomic mass is 16.6. The molecule has 0 aromatic heterocycles. The number of hydrogen-bond donors (Lipinski definition) is 0. The van der Waals surface area contributed by atoms with Crippen LogP contribution >= 0.6 is 0 Å². The molecule has 0 N–H and O–H groups in total. The van der Waals surface area contributed by atoms with Crippen molar-refractivity contribution >= 4 is 58.0 Å². The Bertz CT molecular complexity index is 2700. The van der Waals surface area contributed by atoms with E-state index in [1.807, 2.05) is 52.0 Å². The molecular weight excluding hydrogens is 1010 g/mol. The first kappa shape index (κ1) is 61.8. The van der Waals surface area contributed by atoms with E-state index in [2.05, 4.69) is 133 Å². The molecule has 0 bridgehead atoms. The summed E-state index contributed by atoms with van der Waals surface area (Å²) in [4.78, 5) is 52.0. The zero-order valence-corrected chi connectivity index (χ0v) is 48.3. The van der Waals surface area contributed by atoms with Crippen LogP contribution in [0.3, 0.4) is 0 Å². The number of nitrogens with zero attached hydrogens (tertiary/aromatic N) is 2. The average molecular weight is 1090 g/mol. The van der Waals surface area contributed by atoms with Crippen molar-refractivity contribution in [3.8, 4) is 11.1 Å². The molecule has 0 unspecified atom stereocenters. The number of benzene rings is 6. The number of aryl methyl sites for hydroxylation is 2. The van der Waals surface area contributed by atoms with Crippen molar-refractivity contribution in [3.05, 3.63) is 167 Å². The Labute approximate surface area is 473 Å². The minimum Gasteiger partial charge on any atom is -0.463 e. The van der Waals surface area contributed by atoms with Crippen LogP contribution in [0.1, 0.15) is 88.8 Å². The van der Waals surface area contributed by atoms with E-state index >= 15 is 0 Å². The van der Waals surface area contributed by atoms with Gasteiger partial charge in [-0.2, -0.15) is 0 Å². The topological polar surface area (TPSA) is 149 Å². The van der Waals surface area contributed by atoms with Gasteiger partial charge in [-0.05, 0) is 131 Å². The predicted molar refractivity (Wildman–Crippen MR) is 313 cm³/mol. The van der Waals surface area contributed by atoms with Crippen molar-refractivity contribution in [3.63, 3.8) is 0 Å². The molecule has 0 amide bonds. The van der Waals surface area contributed by atoms with Crippen molar-refractivity contribution in [2.24, 2.45) is 23.7 Å². The van der Waals surface area contributed by atoms with Crippen LogP contribution in [-0.2, 0) is 83.5 Å². The smallest absolute Gasteiger partial charge is 0.308 e. The van der Waals surface area contributed by atoms with Gasteiger partial charge in [0.15, 0.2) is 0 Å². The molecule has 6 rings (SSSR count).